The van der Waals surface area contributed by atoms with Crippen molar-refractivity contribution in [3.63, 3.8) is 0 Å². The smallest absolute Gasteiger partial charge is 0.251 e. The number of alkyl halides is 2. The molecule has 3 rings (SSSR count). The summed E-state index contributed by atoms with van der Waals surface area (Å²) in [6.45, 7) is 3.35. The molecule has 0 unspecified atom stereocenters. The summed E-state index contributed by atoms with van der Waals surface area (Å²) < 4.78 is 26.7. The minimum atomic E-state index is -2.32. The number of piperidine rings is 1. The highest BCUT2D eigenvalue weighted by molar-refractivity contribution is 5.84. The summed E-state index contributed by atoms with van der Waals surface area (Å²) in [6, 6.07) is 1.83. The quantitative estimate of drug-likeness (QED) is 0.868. The Morgan fingerprint density at radius 1 is 1.22 bits per heavy atom. The van der Waals surface area contributed by atoms with Crippen LogP contribution in [0.2, 0.25) is 0 Å². The number of rotatable bonds is 4. The molecule has 1 amide bonds. The first-order chi connectivity index (χ1) is 11.1. The minimum Gasteiger partial charge on any atom is -0.338 e. The van der Waals surface area contributed by atoms with Gasteiger partial charge in [0.05, 0.1) is 6.54 Å². The van der Waals surface area contributed by atoms with E-state index in [0.29, 0.717) is 39.0 Å². The highest BCUT2D eigenvalue weighted by atomic mass is 19.3. The van der Waals surface area contributed by atoms with E-state index >= 15 is 0 Å². The van der Waals surface area contributed by atoms with Crippen LogP contribution in [0.3, 0.4) is 0 Å². The van der Waals surface area contributed by atoms with Crippen LogP contribution in [0, 0.1) is 0 Å². The normalized spacial score (nSPS) is 22.5. The molecule has 6 nitrogen and oxygen atoms in total. The van der Waals surface area contributed by atoms with Gasteiger partial charge in [-0.2, -0.15) is 5.10 Å². The molecule has 2 aliphatic heterocycles. The first kappa shape index (κ1) is 16.3. The largest absolute Gasteiger partial charge is 0.338 e. The minimum absolute atomic E-state index is 0.0689. The van der Waals surface area contributed by atoms with E-state index in [1.807, 2.05) is 17.2 Å². The molecular weight excluding hydrogens is 304 g/mol. The molecule has 1 N–H and O–H groups in total. The molecule has 8 heteroatoms. The van der Waals surface area contributed by atoms with Crippen LogP contribution < -0.4 is 5.32 Å². The molecule has 0 bridgehead atoms. The van der Waals surface area contributed by atoms with Crippen LogP contribution in [-0.2, 0) is 10.3 Å². The Morgan fingerprint density at radius 3 is 2.48 bits per heavy atom. The van der Waals surface area contributed by atoms with E-state index < -0.39 is 12.0 Å². The van der Waals surface area contributed by atoms with Crippen molar-refractivity contribution in [2.45, 2.75) is 24.8 Å². The number of amides is 1. The monoisotopic (exact) mass is 327 g/mol. The Hall–Kier alpha value is -1.54. The molecule has 0 radical (unpaired) electrons. The first-order valence-corrected chi connectivity index (χ1v) is 8.12. The number of halogens is 2. The Kier molecular flexibility index (Phi) is 4.91. The van der Waals surface area contributed by atoms with E-state index in [1.165, 1.54) is 0 Å². The van der Waals surface area contributed by atoms with Gasteiger partial charge in [-0.3, -0.25) is 14.4 Å². The Morgan fingerprint density at radius 2 is 1.91 bits per heavy atom. The van der Waals surface area contributed by atoms with Crippen LogP contribution in [-0.4, -0.2) is 77.7 Å². The lowest BCUT2D eigenvalue weighted by atomic mass is 9.86. The summed E-state index contributed by atoms with van der Waals surface area (Å²) in [5, 5.41) is 7.60. The van der Waals surface area contributed by atoms with Crippen molar-refractivity contribution in [1.82, 2.24) is 24.9 Å². The second kappa shape index (κ2) is 6.92. The molecule has 1 aromatic rings. The van der Waals surface area contributed by atoms with Gasteiger partial charge in [-0.05, 0) is 32.0 Å². The lowest BCUT2D eigenvalue weighted by Gasteiger charge is -2.43. The van der Waals surface area contributed by atoms with Crippen molar-refractivity contribution in [2.24, 2.45) is 0 Å². The third kappa shape index (κ3) is 3.37. The highest BCUT2D eigenvalue weighted by Crippen LogP contribution is 2.29. The molecular formula is C15H23F2N5O. The average Bonchev–Trinajstić information content (AvgIpc) is 3.10. The summed E-state index contributed by atoms with van der Waals surface area (Å²) in [5.41, 5.74) is -0.639. The third-order valence-corrected chi connectivity index (χ3v) is 4.83. The molecule has 3 heterocycles. The molecule has 1 aromatic heterocycles. The van der Waals surface area contributed by atoms with E-state index in [4.69, 9.17) is 0 Å². The van der Waals surface area contributed by atoms with Crippen molar-refractivity contribution in [2.75, 3.05) is 45.8 Å². The van der Waals surface area contributed by atoms with Gasteiger partial charge in [0.25, 0.3) is 12.3 Å². The van der Waals surface area contributed by atoms with Gasteiger partial charge in [-0.25, -0.2) is 8.78 Å². The predicted octanol–water partition coefficient (Wildman–Crippen LogP) is 0.371. The van der Waals surface area contributed by atoms with Gasteiger partial charge in [0.15, 0.2) is 0 Å². The highest BCUT2D eigenvalue weighted by Gasteiger charge is 2.44. The van der Waals surface area contributed by atoms with Gasteiger partial charge in [0.1, 0.15) is 5.54 Å². The number of carbonyl (C=O) groups is 1. The van der Waals surface area contributed by atoms with E-state index in [-0.39, 0.29) is 12.5 Å². The SMILES string of the molecule is O=C(N1CCN(CC(F)F)CC1)C1(n2cccn2)CCNCC1. The topological polar surface area (TPSA) is 53.4 Å². The van der Waals surface area contributed by atoms with E-state index in [2.05, 4.69) is 10.4 Å². The maximum absolute atomic E-state index is 13.2. The lowest BCUT2D eigenvalue weighted by molar-refractivity contribution is -0.145. The Labute approximate surface area is 134 Å². The summed E-state index contributed by atoms with van der Waals surface area (Å²) in [5.74, 6) is 0.0689. The van der Waals surface area contributed by atoms with Gasteiger partial charge in [-0.1, -0.05) is 0 Å². The van der Waals surface area contributed by atoms with Crippen LogP contribution in [0.5, 0.6) is 0 Å². The van der Waals surface area contributed by atoms with Crippen LogP contribution in [0.15, 0.2) is 18.5 Å². The number of carbonyl (C=O) groups excluding carboxylic acids is 1. The van der Waals surface area contributed by atoms with Gasteiger partial charge >= 0.3 is 0 Å². The van der Waals surface area contributed by atoms with E-state index in [1.54, 1.807) is 15.8 Å². The van der Waals surface area contributed by atoms with E-state index in [9.17, 15) is 13.6 Å². The van der Waals surface area contributed by atoms with Gasteiger partial charge in [0.2, 0.25) is 0 Å². The zero-order valence-electron chi connectivity index (χ0n) is 13.1. The van der Waals surface area contributed by atoms with Crippen molar-refractivity contribution >= 4 is 5.91 Å². The maximum Gasteiger partial charge on any atom is 0.251 e. The fourth-order valence-corrected chi connectivity index (χ4v) is 3.53. The fraction of sp³-hybridized carbons (Fsp3) is 0.733. The number of nitrogens with zero attached hydrogens (tertiary/aromatic N) is 4. The van der Waals surface area contributed by atoms with Gasteiger partial charge in [0, 0.05) is 38.6 Å². The first-order valence-electron chi connectivity index (χ1n) is 8.12. The lowest BCUT2D eigenvalue weighted by Crippen LogP contribution is -2.59. The van der Waals surface area contributed by atoms with Gasteiger partial charge in [-0.15, -0.1) is 0 Å². The van der Waals surface area contributed by atoms with Crippen molar-refractivity contribution < 1.29 is 13.6 Å². The molecule has 0 saturated carbocycles. The molecule has 0 aliphatic carbocycles. The van der Waals surface area contributed by atoms with Gasteiger partial charge < -0.3 is 10.2 Å². The number of aromatic nitrogens is 2. The van der Waals surface area contributed by atoms with Crippen molar-refractivity contribution in [3.8, 4) is 0 Å². The zero-order chi connectivity index (χ0) is 16.3. The van der Waals surface area contributed by atoms with E-state index in [0.717, 1.165) is 13.1 Å². The molecule has 2 saturated heterocycles. The predicted molar refractivity (Wildman–Crippen MR) is 81.3 cm³/mol. The zero-order valence-corrected chi connectivity index (χ0v) is 13.1. The Balaban J connectivity index is 1.70. The Bertz CT molecular complexity index is 508. The summed E-state index contributed by atoms with van der Waals surface area (Å²) in [4.78, 5) is 16.7. The molecule has 23 heavy (non-hydrogen) atoms. The molecule has 0 spiro atoms. The molecule has 2 fully saturated rings. The van der Waals surface area contributed by atoms with Crippen molar-refractivity contribution in [1.29, 1.82) is 0 Å². The van der Waals surface area contributed by atoms with Crippen LogP contribution in [0.4, 0.5) is 8.78 Å². The number of piperazine rings is 1. The van der Waals surface area contributed by atoms with Crippen LogP contribution >= 0.6 is 0 Å². The molecule has 0 aromatic carbocycles. The van der Waals surface area contributed by atoms with Crippen molar-refractivity contribution in [3.05, 3.63) is 18.5 Å². The second-order valence-electron chi connectivity index (χ2n) is 6.22. The number of nitrogens with one attached hydrogen (secondary N) is 1. The molecule has 2 aliphatic rings. The second-order valence-corrected chi connectivity index (χ2v) is 6.22. The maximum atomic E-state index is 13.2. The fourth-order valence-electron chi connectivity index (χ4n) is 3.53. The number of hydrogen-bond donors (Lipinski definition) is 1. The summed E-state index contributed by atoms with van der Waals surface area (Å²) in [6.07, 6.45) is 2.61. The van der Waals surface area contributed by atoms with Crippen LogP contribution in [0.25, 0.3) is 0 Å². The third-order valence-electron chi connectivity index (χ3n) is 4.83. The molecule has 128 valence electrons. The summed E-state index contributed by atoms with van der Waals surface area (Å²) >= 11 is 0. The van der Waals surface area contributed by atoms with Crippen LogP contribution in [0.1, 0.15) is 12.8 Å². The molecule has 0 atom stereocenters. The standard InChI is InChI=1S/C15H23F2N5O/c16-13(17)12-20-8-10-21(11-9-20)14(23)15(2-5-18-6-3-15)22-7-1-4-19-22/h1,4,7,13,18H,2-3,5-6,8-12H2. The number of hydrogen-bond acceptors (Lipinski definition) is 4. The average molecular weight is 327 g/mol. The summed E-state index contributed by atoms with van der Waals surface area (Å²) in [7, 11) is 0.